The zero-order valence-corrected chi connectivity index (χ0v) is 23.8. The molecule has 0 N–H and O–H groups in total. The van der Waals surface area contributed by atoms with Crippen molar-refractivity contribution >= 4 is 50.8 Å². The minimum Gasteiger partial charge on any atom is -0.448 e. The van der Waals surface area contributed by atoms with Gasteiger partial charge in [0.15, 0.2) is 0 Å². The van der Waals surface area contributed by atoms with Crippen LogP contribution in [-0.4, -0.2) is 44.5 Å². The molecule has 10 heteroatoms. The maximum Gasteiger partial charge on any atom is 1.00 e. The van der Waals surface area contributed by atoms with Crippen LogP contribution in [0, 0.1) is 0 Å². The van der Waals surface area contributed by atoms with Crippen molar-refractivity contribution in [3.8, 4) is 0 Å². The van der Waals surface area contributed by atoms with E-state index in [1.807, 2.05) is 98.1 Å². The van der Waals surface area contributed by atoms with Crippen LogP contribution in [-0.2, 0) is 0 Å². The van der Waals surface area contributed by atoms with Gasteiger partial charge >= 0.3 is 58.1 Å². The van der Waals surface area contributed by atoms with Gasteiger partial charge in [0.25, 0.3) is 0 Å². The van der Waals surface area contributed by atoms with Crippen LogP contribution < -0.4 is 51.4 Å². The van der Waals surface area contributed by atoms with Crippen molar-refractivity contribution in [1.29, 1.82) is 0 Å². The number of aromatic nitrogens is 8. The Bertz CT molecular complexity index is 1780. The fraction of sp³-hybridized carbons (Fsp3) is 0. The van der Waals surface area contributed by atoms with E-state index in [-0.39, 0.29) is 51.4 Å². The van der Waals surface area contributed by atoms with Crippen molar-refractivity contribution in [3.05, 3.63) is 122 Å². The summed E-state index contributed by atoms with van der Waals surface area (Å²) in [5.41, 5.74) is 7.62. The average Bonchev–Trinajstić information content (AvgIpc) is 3.75. The molecule has 0 atom stereocenters. The summed E-state index contributed by atoms with van der Waals surface area (Å²) >= 11 is 0. The summed E-state index contributed by atoms with van der Waals surface area (Å²) in [7, 11) is 0. The molecule has 38 heavy (non-hydrogen) atoms. The fourth-order valence-corrected chi connectivity index (χ4v) is 5.82. The van der Waals surface area contributed by atoms with Gasteiger partial charge < -0.3 is 17.9 Å². The molecule has 0 aliphatic rings. The Balaban J connectivity index is 0.00000242. The largest absolute Gasteiger partial charge is 1.00 e. The van der Waals surface area contributed by atoms with Gasteiger partial charge in [0, 0.05) is 22.1 Å². The van der Waals surface area contributed by atoms with E-state index in [0.717, 1.165) is 44.1 Å². The van der Waals surface area contributed by atoms with Gasteiger partial charge in [-0.1, -0.05) is 48.5 Å². The summed E-state index contributed by atoms with van der Waals surface area (Å²) in [6, 6.07) is 32.8. The van der Waals surface area contributed by atoms with Gasteiger partial charge in [0.1, 0.15) is 0 Å². The molecule has 8 rings (SSSR count). The third-order valence-electron chi connectivity index (χ3n) is 7.42. The minimum absolute atomic E-state index is 0. The summed E-state index contributed by atoms with van der Waals surface area (Å²) in [5, 5.41) is 0. The molecule has 4 heterocycles. The van der Waals surface area contributed by atoms with Gasteiger partial charge in [-0.15, -0.1) is 0 Å². The standard InChI is InChI=1S/C28H20BN8.K/c1-5-13-25-21(9-1)30-17-34(25)29(35-18-31-22-10-2-6-14-26(22)35,36-19-32-23-11-3-7-15-27(23)36)37-20-33-24-12-4-8-16-28(24)37;/h1-20H;/q-1;+1. The summed E-state index contributed by atoms with van der Waals surface area (Å²) in [6.45, 7) is -2.09. The summed E-state index contributed by atoms with van der Waals surface area (Å²) in [5.74, 6) is 0. The number of fused-ring (bicyclic) bond motifs is 4. The number of hydrogen-bond acceptors (Lipinski definition) is 4. The number of hydrogen-bond donors (Lipinski definition) is 0. The van der Waals surface area contributed by atoms with Crippen LogP contribution in [0.2, 0.25) is 0 Å². The van der Waals surface area contributed by atoms with E-state index in [9.17, 15) is 0 Å². The molecule has 0 saturated heterocycles. The molecule has 4 aromatic heterocycles. The predicted octanol–water partition coefficient (Wildman–Crippen LogP) is 2.02. The zero-order chi connectivity index (χ0) is 24.4. The Kier molecular flexibility index (Phi) is 5.61. The van der Waals surface area contributed by atoms with Crippen LogP contribution in [0.3, 0.4) is 0 Å². The van der Waals surface area contributed by atoms with Crippen molar-refractivity contribution in [1.82, 2.24) is 37.8 Å². The van der Waals surface area contributed by atoms with Crippen molar-refractivity contribution in [3.63, 3.8) is 0 Å². The van der Waals surface area contributed by atoms with E-state index < -0.39 is 6.69 Å². The molecule has 4 aromatic carbocycles. The predicted molar refractivity (Wildman–Crippen MR) is 146 cm³/mol. The van der Waals surface area contributed by atoms with Gasteiger partial charge in [-0.2, -0.15) is 0 Å². The third-order valence-corrected chi connectivity index (χ3v) is 7.42. The van der Waals surface area contributed by atoms with Crippen LogP contribution in [0.4, 0.5) is 0 Å². The summed E-state index contributed by atoms with van der Waals surface area (Å²) < 4.78 is 8.97. The normalized spacial score (nSPS) is 12.0. The molecule has 0 aliphatic carbocycles. The van der Waals surface area contributed by atoms with E-state index >= 15 is 0 Å². The number of para-hydroxylation sites is 8. The van der Waals surface area contributed by atoms with E-state index in [1.54, 1.807) is 0 Å². The number of benzene rings is 4. The van der Waals surface area contributed by atoms with Gasteiger partial charge in [-0.05, 0) is 48.5 Å². The van der Waals surface area contributed by atoms with E-state index in [1.165, 1.54) is 0 Å². The van der Waals surface area contributed by atoms with Gasteiger partial charge in [-0.25, -0.2) is 19.9 Å². The Hall–Kier alpha value is -3.54. The van der Waals surface area contributed by atoms with Crippen molar-refractivity contribution in [2.75, 3.05) is 0 Å². The second kappa shape index (κ2) is 9.04. The second-order valence-corrected chi connectivity index (χ2v) is 9.26. The minimum atomic E-state index is -2.09. The molecule has 0 spiro atoms. The maximum absolute atomic E-state index is 4.83. The molecule has 0 amide bonds. The van der Waals surface area contributed by atoms with Gasteiger partial charge in [-0.3, -0.25) is 0 Å². The molecule has 0 aliphatic heterocycles. The average molecular weight is 518 g/mol. The summed E-state index contributed by atoms with van der Waals surface area (Å²) in [4.78, 5) is 19.3. The quantitative estimate of drug-likeness (QED) is 0.335. The third kappa shape index (κ3) is 3.18. The first-order chi connectivity index (χ1) is 18.4. The van der Waals surface area contributed by atoms with E-state index in [0.29, 0.717) is 0 Å². The first-order valence-corrected chi connectivity index (χ1v) is 12.2. The van der Waals surface area contributed by atoms with Crippen LogP contribution >= 0.6 is 0 Å². The maximum atomic E-state index is 4.83. The topological polar surface area (TPSA) is 71.3 Å². The van der Waals surface area contributed by atoms with E-state index in [4.69, 9.17) is 19.9 Å². The number of nitrogens with zero attached hydrogens (tertiary/aromatic N) is 8. The summed E-state index contributed by atoms with van der Waals surface area (Å²) in [6.07, 6.45) is 7.68. The first kappa shape index (κ1) is 23.6. The Morgan fingerprint density at radius 1 is 0.368 bits per heavy atom. The molecular weight excluding hydrogens is 498 g/mol. The van der Waals surface area contributed by atoms with Crippen LogP contribution in [0.15, 0.2) is 122 Å². The van der Waals surface area contributed by atoms with Crippen molar-refractivity contribution in [2.45, 2.75) is 0 Å². The Morgan fingerprint density at radius 3 is 0.868 bits per heavy atom. The molecule has 176 valence electrons. The Morgan fingerprint density at radius 2 is 0.605 bits per heavy atom. The van der Waals surface area contributed by atoms with Crippen molar-refractivity contribution < 1.29 is 51.4 Å². The molecule has 0 radical (unpaired) electrons. The van der Waals surface area contributed by atoms with Gasteiger partial charge in [0.05, 0.1) is 47.4 Å². The number of imidazole rings is 4. The van der Waals surface area contributed by atoms with Crippen LogP contribution in [0.1, 0.15) is 0 Å². The van der Waals surface area contributed by atoms with E-state index in [2.05, 4.69) is 42.2 Å². The van der Waals surface area contributed by atoms with Crippen molar-refractivity contribution in [2.24, 2.45) is 0 Å². The molecule has 0 unspecified atom stereocenters. The monoisotopic (exact) mass is 518 g/mol. The molecule has 0 bridgehead atoms. The zero-order valence-electron chi connectivity index (χ0n) is 20.7. The molecule has 8 nitrogen and oxygen atoms in total. The smallest absolute Gasteiger partial charge is 0.448 e. The number of rotatable bonds is 4. The van der Waals surface area contributed by atoms with Crippen LogP contribution in [0.5, 0.6) is 0 Å². The Labute approximate surface area is 260 Å². The first-order valence-electron chi connectivity index (χ1n) is 12.2. The van der Waals surface area contributed by atoms with Gasteiger partial charge in [0.2, 0.25) is 0 Å². The second-order valence-electron chi connectivity index (χ2n) is 9.26. The fourth-order valence-electron chi connectivity index (χ4n) is 5.82. The SMILES string of the molecule is [K+].c1ccc2c(c1)ncn2[B-](n1cnc2ccccc21)(n1cnc2ccccc21)n1cnc2ccccc21. The molecule has 0 fully saturated rings. The van der Waals surface area contributed by atoms with Crippen LogP contribution in [0.25, 0.3) is 44.1 Å². The molecule has 0 saturated carbocycles. The molecular formula is C28H20BKN8. The molecule has 8 aromatic rings.